The van der Waals surface area contributed by atoms with Gasteiger partial charge in [-0.15, -0.1) is 0 Å². The maximum Gasteiger partial charge on any atom is 0.265 e. The Morgan fingerprint density at radius 1 is 1.12 bits per heavy atom. The third-order valence-electron chi connectivity index (χ3n) is 5.70. The van der Waals surface area contributed by atoms with Crippen molar-refractivity contribution in [1.29, 1.82) is 0 Å². The highest BCUT2D eigenvalue weighted by atomic mass is 32.2. The molecule has 2 aromatic carbocycles. The summed E-state index contributed by atoms with van der Waals surface area (Å²) < 4.78 is 38.7. The van der Waals surface area contributed by atoms with Gasteiger partial charge in [-0.3, -0.25) is 9.69 Å². The number of hydrogen-bond donors (Lipinski definition) is 0. The zero-order valence-electron chi connectivity index (χ0n) is 18.0. The number of carbonyl (C=O) groups is 1. The van der Waals surface area contributed by atoms with Crippen LogP contribution in [0.1, 0.15) is 23.7 Å². The van der Waals surface area contributed by atoms with Crippen molar-refractivity contribution in [3.63, 3.8) is 0 Å². The van der Waals surface area contributed by atoms with Crippen LogP contribution in [0.3, 0.4) is 0 Å². The van der Waals surface area contributed by atoms with Crippen LogP contribution in [-0.4, -0.2) is 48.5 Å². The van der Waals surface area contributed by atoms with E-state index in [9.17, 15) is 13.2 Å². The van der Waals surface area contributed by atoms with Gasteiger partial charge in [-0.05, 0) is 35.8 Å². The molecule has 5 rings (SSSR count). The van der Waals surface area contributed by atoms with Gasteiger partial charge in [0.25, 0.3) is 5.91 Å². The van der Waals surface area contributed by atoms with Gasteiger partial charge in [-0.25, -0.2) is 8.42 Å². The number of amides is 1. The highest BCUT2D eigenvalue weighted by Crippen LogP contribution is 2.36. The molecule has 3 aromatic rings. The third-order valence-corrected chi connectivity index (χ3v) is 7.56. The fourth-order valence-electron chi connectivity index (χ4n) is 3.99. The summed E-state index contributed by atoms with van der Waals surface area (Å²) in [5.41, 5.74) is 2.60. The number of sulfonamides is 1. The monoisotopic (exact) mass is 466 g/mol. The van der Waals surface area contributed by atoms with Gasteiger partial charge in [0.05, 0.1) is 17.1 Å². The molecule has 0 bridgehead atoms. The molecule has 33 heavy (non-hydrogen) atoms. The van der Waals surface area contributed by atoms with E-state index in [-0.39, 0.29) is 30.5 Å². The minimum atomic E-state index is -3.77. The topological polar surface area (TPSA) is 106 Å². The van der Waals surface area contributed by atoms with E-state index in [1.807, 2.05) is 36.4 Å². The van der Waals surface area contributed by atoms with E-state index in [2.05, 4.69) is 10.1 Å². The molecular weight excluding hydrogens is 444 g/mol. The molecule has 1 aromatic heterocycles. The predicted octanol–water partition coefficient (Wildman–Crippen LogP) is 2.78. The van der Waals surface area contributed by atoms with Crippen LogP contribution in [0.5, 0.6) is 5.75 Å². The standard InChI is InChI=1S/C23H22N4O5S/c1-16-24-22(25-32-16)14-27-20-13-19(7-8-21(20)31-15-23(27)28)33(29,30)26-11-9-18(10-12-26)17-5-3-2-4-6-17/h2-9,13H,10-12,14-15H2,1H3. The number of anilines is 1. The Labute approximate surface area is 191 Å². The van der Waals surface area contributed by atoms with Crippen molar-refractivity contribution in [1.82, 2.24) is 14.4 Å². The van der Waals surface area contributed by atoms with Crippen LogP contribution in [0.4, 0.5) is 5.69 Å². The van der Waals surface area contributed by atoms with Gasteiger partial charge >= 0.3 is 0 Å². The molecule has 0 saturated heterocycles. The van der Waals surface area contributed by atoms with E-state index >= 15 is 0 Å². The molecule has 0 radical (unpaired) electrons. The molecule has 10 heteroatoms. The van der Waals surface area contributed by atoms with Crippen molar-refractivity contribution in [3.8, 4) is 5.75 Å². The first-order valence-electron chi connectivity index (χ1n) is 10.5. The third kappa shape index (κ3) is 4.14. The number of aromatic nitrogens is 2. The van der Waals surface area contributed by atoms with Crippen molar-refractivity contribution in [2.24, 2.45) is 0 Å². The van der Waals surface area contributed by atoms with Crippen LogP contribution in [0.2, 0.25) is 0 Å². The maximum absolute atomic E-state index is 13.4. The van der Waals surface area contributed by atoms with Gasteiger partial charge in [0.1, 0.15) is 5.75 Å². The smallest absolute Gasteiger partial charge is 0.265 e. The van der Waals surface area contributed by atoms with Crippen molar-refractivity contribution in [3.05, 3.63) is 71.9 Å². The van der Waals surface area contributed by atoms with Crippen LogP contribution in [0.25, 0.3) is 5.57 Å². The maximum atomic E-state index is 13.4. The molecule has 170 valence electrons. The molecule has 0 spiro atoms. The van der Waals surface area contributed by atoms with Gasteiger partial charge in [-0.2, -0.15) is 9.29 Å². The molecule has 0 fully saturated rings. The number of hydrogen-bond acceptors (Lipinski definition) is 7. The lowest BCUT2D eigenvalue weighted by atomic mass is 10.0. The minimum Gasteiger partial charge on any atom is -0.482 e. The molecule has 0 atom stereocenters. The zero-order valence-corrected chi connectivity index (χ0v) is 18.8. The molecule has 0 aliphatic carbocycles. The normalized spacial score (nSPS) is 16.8. The summed E-state index contributed by atoms with van der Waals surface area (Å²) in [5, 5.41) is 3.84. The van der Waals surface area contributed by atoms with Crippen LogP contribution < -0.4 is 9.64 Å². The molecule has 0 saturated carbocycles. The molecule has 0 N–H and O–H groups in total. The highest BCUT2D eigenvalue weighted by Gasteiger charge is 2.31. The van der Waals surface area contributed by atoms with E-state index in [4.69, 9.17) is 9.26 Å². The molecule has 1 amide bonds. The second kappa shape index (κ2) is 8.45. The summed E-state index contributed by atoms with van der Waals surface area (Å²) in [6.07, 6.45) is 2.57. The van der Waals surface area contributed by atoms with Gasteiger partial charge in [0.15, 0.2) is 12.4 Å². The summed E-state index contributed by atoms with van der Waals surface area (Å²) in [5.74, 6) is 0.832. The lowest BCUT2D eigenvalue weighted by molar-refractivity contribution is -0.121. The van der Waals surface area contributed by atoms with Crippen molar-refractivity contribution < 1.29 is 22.5 Å². The number of fused-ring (bicyclic) bond motifs is 1. The summed E-state index contributed by atoms with van der Waals surface area (Å²) >= 11 is 0. The Morgan fingerprint density at radius 3 is 2.64 bits per heavy atom. The Kier molecular flexibility index (Phi) is 5.47. The number of ether oxygens (including phenoxy) is 1. The van der Waals surface area contributed by atoms with E-state index in [1.165, 1.54) is 21.3 Å². The van der Waals surface area contributed by atoms with Gasteiger partial charge < -0.3 is 9.26 Å². The quantitative estimate of drug-likeness (QED) is 0.569. The van der Waals surface area contributed by atoms with Crippen LogP contribution in [0.15, 0.2) is 64.0 Å². The van der Waals surface area contributed by atoms with E-state index in [0.717, 1.165) is 11.1 Å². The van der Waals surface area contributed by atoms with E-state index in [0.29, 0.717) is 36.1 Å². The first-order chi connectivity index (χ1) is 15.9. The number of rotatable bonds is 5. The lowest BCUT2D eigenvalue weighted by Gasteiger charge is -2.30. The summed E-state index contributed by atoms with van der Waals surface area (Å²) in [4.78, 5) is 18.2. The summed E-state index contributed by atoms with van der Waals surface area (Å²) in [6, 6.07) is 14.5. The van der Waals surface area contributed by atoms with Crippen molar-refractivity contribution >= 4 is 27.2 Å². The Balaban J connectivity index is 1.42. The summed E-state index contributed by atoms with van der Waals surface area (Å²) in [7, 11) is -3.77. The van der Waals surface area contributed by atoms with Gasteiger partial charge in [-0.1, -0.05) is 41.6 Å². The van der Waals surface area contributed by atoms with Crippen LogP contribution >= 0.6 is 0 Å². The average Bonchev–Trinajstić information content (AvgIpc) is 3.26. The molecule has 3 heterocycles. The number of carbonyl (C=O) groups excluding carboxylic acids is 1. The average molecular weight is 467 g/mol. The lowest BCUT2D eigenvalue weighted by Crippen LogP contribution is -2.39. The Hall–Kier alpha value is -3.50. The molecule has 2 aliphatic heterocycles. The van der Waals surface area contributed by atoms with Crippen molar-refractivity contribution in [2.75, 3.05) is 24.6 Å². The zero-order chi connectivity index (χ0) is 23.0. The first-order valence-corrected chi connectivity index (χ1v) is 12.0. The Morgan fingerprint density at radius 2 is 1.94 bits per heavy atom. The summed E-state index contributed by atoms with van der Waals surface area (Å²) in [6.45, 7) is 2.23. The van der Waals surface area contributed by atoms with E-state index < -0.39 is 10.0 Å². The SMILES string of the molecule is Cc1nc(CN2C(=O)COc3ccc(S(=O)(=O)N4CC=C(c5ccccc5)CC4)cc32)no1. The van der Waals surface area contributed by atoms with Gasteiger partial charge in [0, 0.05) is 20.0 Å². The molecular formula is C23H22N4O5S. The predicted molar refractivity (Wildman–Crippen MR) is 120 cm³/mol. The number of aryl methyl sites for hydroxylation is 1. The van der Waals surface area contributed by atoms with Crippen LogP contribution in [0, 0.1) is 6.92 Å². The second-order valence-corrected chi connectivity index (χ2v) is 9.77. The van der Waals surface area contributed by atoms with E-state index in [1.54, 1.807) is 13.0 Å². The molecule has 0 unspecified atom stereocenters. The fourth-order valence-corrected chi connectivity index (χ4v) is 5.40. The molecule has 9 nitrogen and oxygen atoms in total. The van der Waals surface area contributed by atoms with Crippen molar-refractivity contribution in [2.45, 2.75) is 24.8 Å². The molecule has 2 aliphatic rings. The number of nitrogens with zero attached hydrogens (tertiary/aromatic N) is 4. The minimum absolute atomic E-state index is 0.0585. The van der Waals surface area contributed by atoms with Gasteiger partial charge in [0.2, 0.25) is 15.9 Å². The first kappa shape index (κ1) is 21.4. The fraction of sp³-hybridized carbons (Fsp3) is 0.261. The Bertz CT molecular complexity index is 1330. The highest BCUT2D eigenvalue weighted by molar-refractivity contribution is 7.89. The number of benzene rings is 2. The second-order valence-electron chi connectivity index (χ2n) is 7.84. The largest absolute Gasteiger partial charge is 0.482 e. The van der Waals surface area contributed by atoms with Crippen LogP contribution in [-0.2, 0) is 21.4 Å².